The van der Waals surface area contributed by atoms with Crippen LogP contribution in [0.5, 0.6) is 0 Å². The first-order valence-corrected chi connectivity index (χ1v) is 8.87. The van der Waals surface area contributed by atoms with Crippen LogP contribution in [0.3, 0.4) is 0 Å². The first-order chi connectivity index (χ1) is 12.1. The largest absolute Gasteiger partial charge is 0.351 e. The standard InChI is InChI=1S/C18H25FN4O2/c19-15-6-4-13(5-7-15)11-23-12-16(8-18(23)25)22-17(24)3-1-2-14-9-20-21-10-14/h4-7,14,16,20-21H,1-3,8-12H2,(H,22,24). The molecule has 2 saturated heterocycles. The third-order valence-electron chi connectivity index (χ3n) is 4.79. The Morgan fingerprint density at radius 3 is 2.68 bits per heavy atom. The van der Waals surface area contributed by atoms with Gasteiger partial charge in [-0.05, 0) is 36.5 Å². The molecule has 0 bridgehead atoms. The molecule has 0 spiro atoms. The number of benzene rings is 1. The molecule has 25 heavy (non-hydrogen) atoms. The lowest BCUT2D eigenvalue weighted by Crippen LogP contribution is -2.36. The molecule has 3 rings (SSSR count). The summed E-state index contributed by atoms with van der Waals surface area (Å²) in [5.74, 6) is 0.343. The monoisotopic (exact) mass is 348 g/mol. The number of carbonyl (C=O) groups is 2. The lowest BCUT2D eigenvalue weighted by atomic mass is 10.0. The molecule has 0 aliphatic carbocycles. The highest BCUT2D eigenvalue weighted by molar-refractivity contribution is 5.82. The zero-order chi connectivity index (χ0) is 17.6. The number of hydrogen-bond donors (Lipinski definition) is 3. The zero-order valence-electron chi connectivity index (χ0n) is 14.3. The Labute approximate surface area is 147 Å². The second-order valence-corrected chi connectivity index (χ2v) is 6.89. The van der Waals surface area contributed by atoms with E-state index in [1.807, 2.05) is 0 Å². The third-order valence-corrected chi connectivity index (χ3v) is 4.79. The van der Waals surface area contributed by atoms with Gasteiger partial charge < -0.3 is 10.2 Å². The normalized spacial score (nSPS) is 21.1. The van der Waals surface area contributed by atoms with E-state index in [0.717, 1.165) is 31.5 Å². The number of nitrogens with zero attached hydrogens (tertiary/aromatic N) is 1. The fourth-order valence-electron chi connectivity index (χ4n) is 3.39. The molecule has 1 aromatic carbocycles. The Bertz CT molecular complexity index is 602. The third kappa shape index (κ3) is 5.24. The van der Waals surface area contributed by atoms with Gasteiger partial charge in [-0.2, -0.15) is 0 Å². The van der Waals surface area contributed by atoms with Gasteiger partial charge in [-0.25, -0.2) is 4.39 Å². The average Bonchev–Trinajstić information content (AvgIpc) is 3.20. The molecule has 136 valence electrons. The maximum atomic E-state index is 12.9. The Morgan fingerprint density at radius 2 is 1.96 bits per heavy atom. The van der Waals surface area contributed by atoms with Crippen LogP contribution < -0.4 is 16.2 Å². The summed E-state index contributed by atoms with van der Waals surface area (Å²) in [5, 5.41) is 2.97. The summed E-state index contributed by atoms with van der Waals surface area (Å²) in [4.78, 5) is 25.9. The van der Waals surface area contributed by atoms with Crippen molar-refractivity contribution in [2.45, 2.75) is 38.3 Å². The molecule has 2 aliphatic rings. The lowest BCUT2D eigenvalue weighted by molar-refractivity contribution is -0.128. The van der Waals surface area contributed by atoms with Crippen LogP contribution in [0, 0.1) is 11.7 Å². The van der Waals surface area contributed by atoms with E-state index in [-0.39, 0.29) is 23.7 Å². The molecule has 2 heterocycles. The number of hydrazine groups is 1. The first-order valence-electron chi connectivity index (χ1n) is 8.87. The number of halogens is 1. The summed E-state index contributed by atoms with van der Waals surface area (Å²) in [6.07, 6.45) is 2.72. The van der Waals surface area contributed by atoms with Gasteiger partial charge in [0, 0.05) is 39.0 Å². The smallest absolute Gasteiger partial charge is 0.225 e. The molecular weight excluding hydrogens is 323 g/mol. The van der Waals surface area contributed by atoms with Gasteiger partial charge in [0.25, 0.3) is 0 Å². The van der Waals surface area contributed by atoms with Gasteiger partial charge in [-0.15, -0.1) is 0 Å². The van der Waals surface area contributed by atoms with Gasteiger partial charge in [-0.1, -0.05) is 12.1 Å². The van der Waals surface area contributed by atoms with Crippen molar-refractivity contribution in [1.82, 2.24) is 21.1 Å². The van der Waals surface area contributed by atoms with Crippen LogP contribution in [0.2, 0.25) is 0 Å². The topological polar surface area (TPSA) is 73.5 Å². The number of rotatable bonds is 7. The van der Waals surface area contributed by atoms with Crippen molar-refractivity contribution in [1.29, 1.82) is 0 Å². The summed E-state index contributed by atoms with van der Waals surface area (Å²) < 4.78 is 12.9. The number of likely N-dealkylation sites (tertiary alicyclic amines) is 1. The average molecular weight is 348 g/mol. The maximum Gasteiger partial charge on any atom is 0.225 e. The predicted molar refractivity (Wildman–Crippen MR) is 91.7 cm³/mol. The van der Waals surface area contributed by atoms with Crippen LogP contribution in [0.4, 0.5) is 4.39 Å². The molecule has 0 saturated carbocycles. The maximum absolute atomic E-state index is 12.9. The molecule has 0 radical (unpaired) electrons. The predicted octanol–water partition coefficient (Wildman–Crippen LogP) is 0.937. The van der Waals surface area contributed by atoms with E-state index in [4.69, 9.17) is 0 Å². The number of amides is 2. The van der Waals surface area contributed by atoms with Gasteiger partial charge in [0.05, 0.1) is 6.04 Å². The van der Waals surface area contributed by atoms with Gasteiger partial charge in [0.1, 0.15) is 5.82 Å². The van der Waals surface area contributed by atoms with E-state index in [2.05, 4.69) is 16.2 Å². The summed E-state index contributed by atoms with van der Waals surface area (Å²) in [5.41, 5.74) is 7.06. The van der Waals surface area contributed by atoms with Crippen LogP contribution in [-0.4, -0.2) is 42.4 Å². The zero-order valence-corrected chi connectivity index (χ0v) is 14.3. The van der Waals surface area contributed by atoms with Crippen molar-refractivity contribution in [2.75, 3.05) is 19.6 Å². The molecule has 3 N–H and O–H groups in total. The second kappa shape index (κ2) is 8.40. The molecule has 1 unspecified atom stereocenters. The number of nitrogens with one attached hydrogen (secondary N) is 3. The van der Waals surface area contributed by atoms with E-state index in [1.54, 1.807) is 17.0 Å². The quantitative estimate of drug-likeness (QED) is 0.686. The molecule has 6 nitrogen and oxygen atoms in total. The summed E-state index contributed by atoms with van der Waals surface area (Å²) in [6.45, 7) is 2.87. The number of carbonyl (C=O) groups excluding carboxylic acids is 2. The van der Waals surface area contributed by atoms with Crippen LogP contribution in [0.25, 0.3) is 0 Å². The van der Waals surface area contributed by atoms with Crippen molar-refractivity contribution in [2.24, 2.45) is 5.92 Å². The lowest BCUT2D eigenvalue weighted by Gasteiger charge is -2.17. The summed E-state index contributed by atoms with van der Waals surface area (Å²) in [7, 11) is 0. The Hall–Kier alpha value is -1.99. The van der Waals surface area contributed by atoms with E-state index in [0.29, 0.717) is 31.8 Å². The Kier molecular flexibility index (Phi) is 5.99. The minimum atomic E-state index is -0.286. The highest BCUT2D eigenvalue weighted by Crippen LogP contribution is 2.16. The molecular formula is C18H25FN4O2. The van der Waals surface area contributed by atoms with Crippen LogP contribution in [0.15, 0.2) is 24.3 Å². The molecule has 0 aromatic heterocycles. The molecule has 2 fully saturated rings. The molecule has 1 atom stereocenters. The van der Waals surface area contributed by atoms with Gasteiger partial charge >= 0.3 is 0 Å². The number of hydrogen-bond acceptors (Lipinski definition) is 4. The van der Waals surface area contributed by atoms with E-state index < -0.39 is 0 Å². The van der Waals surface area contributed by atoms with Gasteiger partial charge in [-0.3, -0.25) is 20.4 Å². The molecule has 2 aliphatic heterocycles. The molecule has 1 aromatic rings. The van der Waals surface area contributed by atoms with Crippen molar-refractivity contribution >= 4 is 11.8 Å². The minimum absolute atomic E-state index is 0.0142. The SMILES string of the molecule is O=C(CCCC1CNNC1)NC1CC(=O)N(Cc2ccc(F)cc2)C1. The summed E-state index contributed by atoms with van der Waals surface area (Å²) in [6, 6.07) is 6.02. The van der Waals surface area contributed by atoms with Crippen LogP contribution >= 0.6 is 0 Å². The second-order valence-electron chi connectivity index (χ2n) is 6.89. The molecule has 7 heteroatoms. The molecule has 2 amide bonds. The van der Waals surface area contributed by atoms with Crippen molar-refractivity contribution in [3.05, 3.63) is 35.6 Å². The highest BCUT2D eigenvalue weighted by Gasteiger charge is 2.30. The van der Waals surface area contributed by atoms with Crippen molar-refractivity contribution in [3.8, 4) is 0 Å². The van der Waals surface area contributed by atoms with Crippen LogP contribution in [0.1, 0.15) is 31.2 Å². The van der Waals surface area contributed by atoms with E-state index in [9.17, 15) is 14.0 Å². The highest BCUT2D eigenvalue weighted by atomic mass is 19.1. The van der Waals surface area contributed by atoms with Gasteiger partial charge in [0.15, 0.2) is 0 Å². The minimum Gasteiger partial charge on any atom is -0.351 e. The van der Waals surface area contributed by atoms with Crippen LogP contribution in [-0.2, 0) is 16.1 Å². The van der Waals surface area contributed by atoms with Crippen molar-refractivity contribution < 1.29 is 14.0 Å². The fraction of sp³-hybridized carbons (Fsp3) is 0.556. The van der Waals surface area contributed by atoms with Gasteiger partial charge in [0.2, 0.25) is 11.8 Å². The Balaban J connectivity index is 1.39. The Morgan fingerprint density at radius 1 is 1.24 bits per heavy atom. The van der Waals surface area contributed by atoms with E-state index >= 15 is 0 Å². The van der Waals surface area contributed by atoms with Crippen molar-refractivity contribution in [3.63, 3.8) is 0 Å². The first kappa shape index (κ1) is 17.8. The van der Waals surface area contributed by atoms with E-state index in [1.165, 1.54) is 12.1 Å². The summed E-state index contributed by atoms with van der Waals surface area (Å²) >= 11 is 0. The fourth-order valence-corrected chi connectivity index (χ4v) is 3.39.